The lowest BCUT2D eigenvalue weighted by Gasteiger charge is -2.16. The van der Waals surface area contributed by atoms with Crippen molar-refractivity contribution in [2.45, 2.75) is 33.1 Å². The molecule has 3 aromatic carbocycles. The van der Waals surface area contributed by atoms with Crippen molar-refractivity contribution in [2.75, 3.05) is 13.2 Å². The summed E-state index contributed by atoms with van der Waals surface area (Å²) in [6.45, 7) is 5.11. The number of fused-ring (bicyclic) bond motifs is 1. The summed E-state index contributed by atoms with van der Waals surface area (Å²) in [6, 6.07) is 12.6. The molecule has 0 spiro atoms. The number of ether oxygens (including phenoxy) is 3. The Morgan fingerprint density at radius 2 is 1.81 bits per heavy atom. The summed E-state index contributed by atoms with van der Waals surface area (Å²) in [4.78, 5) is 30.0. The van der Waals surface area contributed by atoms with Gasteiger partial charge in [0.15, 0.2) is 23.9 Å². The van der Waals surface area contributed by atoms with Crippen LogP contribution in [0.15, 0.2) is 73.4 Å². The van der Waals surface area contributed by atoms with E-state index in [4.69, 9.17) is 14.2 Å². The van der Waals surface area contributed by atoms with Crippen molar-refractivity contribution in [3.05, 3.63) is 85.0 Å². The number of nitrogens with zero attached hydrogens (tertiary/aromatic N) is 3. The number of halogens is 5. The standard InChI is InChI=1S/C29H24Br2F3N3O5/c1-4-40-22-13-18(24(30)25(31)26(22)41-15-23(38)42-16(2)3)14-35-37-27(17-8-7-9-19(12-17)29(32,33)34)36-21-11-6-5-10-20(21)28(37)39/h5-14,16H,4,15H2,1-3H3. The van der Waals surface area contributed by atoms with Gasteiger partial charge in [-0.25, -0.2) is 9.78 Å². The van der Waals surface area contributed by atoms with Gasteiger partial charge in [-0.15, -0.1) is 0 Å². The topological polar surface area (TPSA) is 92.0 Å². The lowest BCUT2D eigenvalue weighted by molar-refractivity contribution is -0.149. The number of carbonyl (C=O) groups excluding carboxylic acids is 1. The van der Waals surface area contributed by atoms with Crippen LogP contribution in [0.2, 0.25) is 0 Å². The minimum Gasteiger partial charge on any atom is -0.490 e. The highest BCUT2D eigenvalue weighted by Gasteiger charge is 2.31. The average Bonchev–Trinajstić information content (AvgIpc) is 2.94. The third-order valence-electron chi connectivity index (χ3n) is 5.67. The summed E-state index contributed by atoms with van der Waals surface area (Å²) in [7, 11) is 0. The second-order valence-corrected chi connectivity index (χ2v) is 10.7. The first kappa shape index (κ1) is 31.2. The summed E-state index contributed by atoms with van der Waals surface area (Å²) in [5.74, 6) is -0.138. The molecule has 13 heteroatoms. The maximum atomic E-state index is 13.5. The van der Waals surface area contributed by atoms with Crippen molar-refractivity contribution in [1.29, 1.82) is 0 Å². The normalized spacial score (nSPS) is 11.8. The predicted octanol–water partition coefficient (Wildman–Crippen LogP) is 7.22. The molecule has 8 nitrogen and oxygen atoms in total. The van der Waals surface area contributed by atoms with Crippen molar-refractivity contribution < 1.29 is 32.2 Å². The molecule has 4 aromatic rings. The highest BCUT2D eigenvalue weighted by atomic mass is 79.9. The Labute approximate surface area is 255 Å². The second-order valence-electron chi connectivity index (χ2n) is 9.07. The molecule has 0 saturated carbocycles. The molecule has 0 amide bonds. The third-order valence-corrected chi connectivity index (χ3v) is 7.81. The number of para-hydroxylation sites is 1. The van der Waals surface area contributed by atoms with Crippen LogP contribution < -0.4 is 15.0 Å². The van der Waals surface area contributed by atoms with Crippen LogP contribution in [-0.4, -0.2) is 41.2 Å². The zero-order valence-electron chi connectivity index (χ0n) is 22.5. The SMILES string of the molecule is CCOc1cc(C=Nn2c(-c3cccc(C(F)(F)F)c3)nc3ccccc3c2=O)c(Br)c(Br)c1OCC(=O)OC(C)C. The molecular weight excluding hydrogens is 687 g/mol. The molecule has 1 aromatic heterocycles. The van der Waals surface area contributed by atoms with E-state index in [1.165, 1.54) is 18.3 Å². The van der Waals surface area contributed by atoms with Crippen LogP contribution in [0.5, 0.6) is 11.5 Å². The van der Waals surface area contributed by atoms with Crippen LogP contribution in [-0.2, 0) is 15.7 Å². The number of rotatable bonds is 9. The molecule has 4 rings (SSSR count). The van der Waals surface area contributed by atoms with Gasteiger partial charge in [-0.1, -0.05) is 24.3 Å². The van der Waals surface area contributed by atoms with Gasteiger partial charge in [-0.3, -0.25) is 4.79 Å². The van der Waals surface area contributed by atoms with E-state index in [1.807, 2.05) is 0 Å². The van der Waals surface area contributed by atoms with Gasteiger partial charge in [0.05, 0.1) is 39.9 Å². The maximum absolute atomic E-state index is 13.5. The lowest BCUT2D eigenvalue weighted by atomic mass is 10.1. The van der Waals surface area contributed by atoms with Crippen molar-refractivity contribution in [1.82, 2.24) is 9.66 Å². The van der Waals surface area contributed by atoms with Gasteiger partial charge in [0.1, 0.15) is 0 Å². The monoisotopic (exact) mass is 709 g/mol. The molecule has 0 radical (unpaired) electrons. The number of aromatic nitrogens is 2. The van der Waals surface area contributed by atoms with Crippen LogP contribution in [0.25, 0.3) is 22.3 Å². The van der Waals surface area contributed by atoms with E-state index in [1.54, 1.807) is 51.1 Å². The Morgan fingerprint density at radius 3 is 2.50 bits per heavy atom. The largest absolute Gasteiger partial charge is 0.490 e. The van der Waals surface area contributed by atoms with Crippen molar-refractivity contribution >= 4 is 54.9 Å². The Balaban J connectivity index is 1.82. The van der Waals surface area contributed by atoms with Gasteiger partial charge in [0, 0.05) is 15.6 Å². The van der Waals surface area contributed by atoms with Gasteiger partial charge < -0.3 is 14.2 Å². The van der Waals surface area contributed by atoms with Gasteiger partial charge in [-0.2, -0.15) is 22.9 Å². The first-order valence-electron chi connectivity index (χ1n) is 12.6. The number of esters is 1. The molecule has 0 unspecified atom stereocenters. The fraction of sp³-hybridized carbons (Fsp3) is 0.241. The van der Waals surface area contributed by atoms with Gasteiger partial charge in [0.25, 0.3) is 5.56 Å². The van der Waals surface area contributed by atoms with Crippen LogP contribution in [0.3, 0.4) is 0 Å². The van der Waals surface area contributed by atoms with E-state index >= 15 is 0 Å². The molecule has 0 bridgehead atoms. The van der Waals surface area contributed by atoms with E-state index in [0.29, 0.717) is 20.0 Å². The van der Waals surface area contributed by atoms with Crippen molar-refractivity contribution in [3.8, 4) is 22.9 Å². The quantitative estimate of drug-likeness (QED) is 0.135. The molecular formula is C29H24Br2F3N3O5. The number of hydrogen-bond donors (Lipinski definition) is 0. The van der Waals surface area contributed by atoms with Crippen LogP contribution in [0.1, 0.15) is 31.9 Å². The van der Waals surface area contributed by atoms with Crippen molar-refractivity contribution in [3.63, 3.8) is 0 Å². The van der Waals surface area contributed by atoms with Crippen LogP contribution in [0.4, 0.5) is 13.2 Å². The van der Waals surface area contributed by atoms with Gasteiger partial charge >= 0.3 is 12.1 Å². The van der Waals surface area contributed by atoms with E-state index in [-0.39, 0.29) is 47.6 Å². The predicted molar refractivity (Wildman–Crippen MR) is 159 cm³/mol. The summed E-state index contributed by atoms with van der Waals surface area (Å²) in [5.41, 5.74) is -0.678. The first-order chi connectivity index (χ1) is 19.9. The molecule has 220 valence electrons. The third kappa shape index (κ3) is 7.01. The molecule has 0 aliphatic heterocycles. The van der Waals surface area contributed by atoms with E-state index in [0.717, 1.165) is 16.8 Å². The molecule has 0 fully saturated rings. The zero-order chi connectivity index (χ0) is 30.6. The smallest absolute Gasteiger partial charge is 0.416 e. The molecule has 0 atom stereocenters. The Kier molecular flexibility index (Phi) is 9.72. The van der Waals surface area contributed by atoms with E-state index < -0.39 is 23.3 Å². The second kappa shape index (κ2) is 13.1. The highest BCUT2D eigenvalue weighted by molar-refractivity contribution is 9.13. The summed E-state index contributed by atoms with van der Waals surface area (Å²) >= 11 is 6.92. The Morgan fingerprint density at radius 1 is 1.07 bits per heavy atom. The fourth-order valence-electron chi connectivity index (χ4n) is 3.90. The number of benzene rings is 3. The molecule has 0 aliphatic carbocycles. The molecule has 0 saturated heterocycles. The van der Waals surface area contributed by atoms with Gasteiger partial charge in [0.2, 0.25) is 0 Å². The minimum absolute atomic E-state index is 0.0529. The highest BCUT2D eigenvalue weighted by Crippen LogP contribution is 2.42. The van der Waals surface area contributed by atoms with E-state index in [9.17, 15) is 22.8 Å². The first-order valence-corrected chi connectivity index (χ1v) is 14.2. The number of hydrogen-bond acceptors (Lipinski definition) is 7. The van der Waals surface area contributed by atoms with Crippen LogP contribution >= 0.6 is 31.9 Å². The molecule has 1 heterocycles. The van der Waals surface area contributed by atoms with Crippen molar-refractivity contribution in [2.24, 2.45) is 5.10 Å². The summed E-state index contributed by atoms with van der Waals surface area (Å²) < 4.78 is 58.8. The lowest BCUT2D eigenvalue weighted by Crippen LogP contribution is -2.20. The summed E-state index contributed by atoms with van der Waals surface area (Å²) in [5, 5.41) is 4.58. The zero-order valence-corrected chi connectivity index (χ0v) is 25.7. The molecule has 0 N–H and O–H groups in total. The minimum atomic E-state index is -4.59. The number of carbonyl (C=O) groups is 1. The average molecular weight is 711 g/mol. The van der Waals surface area contributed by atoms with Gasteiger partial charge in [-0.05, 0) is 83.0 Å². The number of alkyl halides is 3. The molecule has 0 aliphatic rings. The molecule has 42 heavy (non-hydrogen) atoms. The Bertz CT molecular complexity index is 1720. The van der Waals surface area contributed by atoms with E-state index in [2.05, 4.69) is 41.9 Å². The summed E-state index contributed by atoms with van der Waals surface area (Å²) in [6.07, 6.45) is -3.57. The van der Waals surface area contributed by atoms with Crippen LogP contribution in [0, 0.1) is 0 Å². The maximum Gasteiger partial charge on any atom is 0.416 e. The Hall–Kier alpha value is -3.71. The fourth-order valence-corrected chi connectivity index (χ4v) is 4.83.